The van der Waals surface area contributed by atoms with E-state index < -0.39 is 22.2 Å². The van der Waals surface area contributed by atoms with Crippen molar-refractivity contribution in [2.45, 2.75) is 12.0 Å². The molecule has 0 radical (unpaired) electrons. The molecule has 0 aromatic heterocycles. The van der Waals surface area contributed by atoms with Gasteiger partial charge >= 0.3 is 5.54 Å². The first kappa shape index (κ1) is 11.9. The normalized spacial score (nSPS) is 35.1. The molecule has 1 fully saturated rings. The lowest BCUT2D eigenvalue weighted by Gasteiger charge is -2.34. The highest BCUT2D eigenvalue weighted by Crippen LogP contribution is 2.34. The summed E-state index contributed by atoms with van der Waals surface area (Å²) in [6.45, 7) is 0.237. The molecule has 7 nitrogen and oxygen atoms in total. The van der Waals surface area contributed by atoms with Gasteiger partial charge in [0.25, 0.3) is 11.8 Å². The minimum atomic E-state index is -1.51. The third-order valence-electron chi connectivity index (χ3n) is 2.85. The molecule has 1 saturated heterocycles. The number of nitrogens with two attached hydrogens (primary N) is 1. The van der Waals surface area contributed by atoms with E-state index in [0.29, 0.717) is 0 Å². The fourth-order valence-electron chi connectivity index (χ4n) is 1.83. The molecule has 1 aliphatic rings. The third kappa shape index (κ3) is 1.39. The van der Waals surface area contributed by atoms with Crippen molar-refractivity contribution in [3.63, 3.8) is 0 Å². The smallest absolute Gasteiger partial charge is 0.317 e. The van der Waals surface area contributed by atoms with E-state index in [9.17, 15) is 9.59 Å². The number of nitrogens with one attached hydrogen (secondary N) is 1. The van der Waals surface area contributed by atoms with Crippen LogP contribution in [0.2, 0.25) is 0 Å². The average Bonchev–Trinajstić information content (AvgIpc) is 2.56. The Kier molecular flexibility index (Phi) is 2.98. The van der Waals surface area contributed by atoms with E-state index in [4.69, 9.17) is 15.4 Å². The predicted octanol–water partition coefficient (Wildman–Crippen LogP) is -1.70. The molecular formula is C8H16N3O4+. The zero-order valence-electron chi connectivity index (χ0n) is 9.07. The standard InChI is InChI=1S/C8H15N3O4/c1-10-7(13)8(6(9)12)4-5-15-11(8,2)14-3/h4-5H2,1-3H3,(H2-,9,10,12,13)/p+1. The van der Waals surface area contributed by atoms with Gasteiger partial charge < -0.3 is 11.1 Å². The van der Waals surface area contributed by atoms with E-state index in [1.165, 1.54) is 21.2 Å². The maximum absolute atomic E-state index is 11.8. The number of carbonyl (C=O) groups is 2. The summed E-state index contributed by atoms with van der Waals surface area (Å²) in [4.78, 5) is 33.0. The molecular weight excluding hydrogens is 202 g/mol. The van der Waals surface area contributed by atoms with Crippen molar-refractivity contribution in [2.75, 3.05) is 27.8 Å². The molecule has 1 heterocycles. The Morgan fingerprint density at radius 2 is 2.20 bits per heavy atom. The Morgan fingerprint density at radius 1 is 1.60 bits per heavy atom. The number of primary amides is 1. The van der Waals surface area contributed by atoms with Crippen molar-refractivity contribution in [3.05, 3.63) is 0 Å². The van der Waals surface area contributed by atoms with Crippen LogP contribution < -0.4 is 11.1 Å². The first-order valence-corrected chi connectivity index (χ1v) is 4.53. The van der Waals surface area contributed by atoms with Crippen LogP contribution in [0.25, 0.3) is 0 Å². The van der Waals surface area contributed by atoms with Crippen molar-refractivity contribution >= 4 is 11.8 Å². The Balaban J connectivity index is 3.21. The number of amides is 2. The summed E-state index contributed by atoms with van der Waals surface area (Å²) in [5, 5.41) is 2.40. The van der Waals surface area contributed by atoms with Crippen LogP contribution in [0.5, 0.6) is 0 Å². The van der Waals surface area contributed by atoms with Crippen LogP contribution in [0.15, 0.2) is 0 Å². The highest BCUT2D eigenvalue weighted by Gasteiger charge is 2.67. The minimum absolute atomic E-state index is 0.201. The molecule has 0 saturated carbocycles. The first-order valence-electron chi connectivity index (χ1n) is 4.53. The van der Waals surface area contributed by atoms with Gasteiger partial charge in [0.1, 0.15) is 13.7 Å². The predicted molar refractivity (Wildman–Crippen MR) is 49.8 cm³/mol. The van der Waals surface area contributed by atoms with Crippen LogP contribution in [-0.2, 0) is 19.3 Å². The van der Waals surface area contributed by atoms with Gasteiger partial charge in [0.15, 0.2) is 0 Å². The van der Waals surface area contributed by atoms with Crippen LogP contribution >= 0.6 is 0 Å². The largest absolute Gasteiger partial charge is 0.364 e. The van der Waals surface area contributed by atoms with Crippen molar-refractivity contribution in [1.82, 2.24) is 5.32 Å². The maximum Gasteiger partial charge on any atom is 0.317 e. The molecule has 0 aliphatic carbocycles. The Hall–Kier alpha value is -1.18. The van der Waals surface area contributed by atoms with E-state index in [0.717, 1.165) is 0 Å². The molecule has 0 aromatic carbocycles. The molecule has 2 atom stereocenters. The topological polar surface area (TPSA) is 90.7 Å². The van der Waals surface area contributed by atoms with Gasteiger partial charge in [-0.15, -0.1) is 0 Å². The monoisotopic (exact) mass is 218 g/mol. The molecule has 86 valence electrons. The van der Waals surface area contributed by atoms with Crippen LogP contribution in [0, 0.1) is 0 Å². The number of carbonyl (C=O) groups excluding carboxylic acids is 2. The number of likely N-dealkylation sites (N-methyl/N-ethyl adjacent to an activating group) is 2. The number of hydrogen-bond acceptors (Lipinski definition) is 4. The zero-order valence-corrected chi connectivity index (χ0v) is 9.07. The molecule has 7 heteroatoms. The highest BCUT2D eigenvalue weighted by atomic mass is 17.0. The molecule has 0 aromatic rings. The summed E-state index contributed by atoms with van der Waals surface area (Å²) in [5.74, 6) is -1.26. The van der Waals surface area contributed by atoms with Crippen LogP contribution in [0.1, 0.15) is 6.42 Å². The van der Waals surface area contributed by atoms with Gasteiger partial charge in [-0.3, -0.25) is 9.59 Å². The average molecular weight is 218 g/mol. The number of hydroxylamine groups is 4. The summed E-state index contributed by atoms with van der Waals surface area (Å²) in [6, 6.07) is 0. The zero-order chi connectivity index (χ0) is 11.7. The quantitative estimate of drug-likeness (QED) is 0.436. The number of rotatable bonds is 3. The molecule has 2 amide bonds. The fourth-order valence-corrected chi connectivity index (χ4v) is 1.83. The lowest BCUT2D eigenvalue weighted by atomic mass is 9.94. The summed E-state index contributed by atoms with van der Waals surface area (Å²) in [7, 11) is 4.27. The minimum Gasteiger partial charge on any atom is -0.364 e. The van der Waals surface area contributed by atoms with E-state index >= 15 is 0 Å². The summed E-state index contributed by atoms with van der Waals surface area (Å²) >= 11 is 0. The number of quaternary nitrogens is 1. The summed E-state index contributed by atoms with van der Waals surface area (Å²) in [5.41, 5.74) is 3.77. The van der Waals surface area contributed by atoms with Gasteiger partial charge in [-0.1, -0.05) is 0 Å². The highest BCUT2D eigenvalue weighted by molar-refractivity contribution is 6.07. The molecule has 0 bridgehead atoms. The van der Waals surface area contributed by atoms with E-state index in [1.54, 1.807) is 0 Å². The molecule has 1 aliphatic heterocycles. The van der Waals surface area contributed by atoms with Crippen molar-refractivity contribution in [3.8, 4) is 0 Å². The number of nitrogens with zero attached hydrogens (tertiary/aromatic N) is 1. The van der Waals surface area contributed by atoms with Gasteiger partial charge in [-0.2, -0.15) is 9.68 Å². The maximum atomic E-state index is 11.8. The summed E-state index contributed by atoms with van der Waals surface area (Å²) < 4.78 is 0. The van der Waals surface area contributed by atoms with Crippen molar-refractivity contribution < 1.29 is 24.1 Å². The van der Waals surface area contributed by atoms with Crippen LogP contribution in [0.3, 0.4) is 0 Å². The molecule has 2 unspecified atom stereocenters. The van der Waals surface area contributed by atoms with Crippen molar-refractivity contribution in [1.29, 1.82) is 0 Å². The van der Waals surface area contributed by atoms with Gasteiger partial charge in [-0.05, 0) is 4.81 Å². The molecule has 1 rings (SSSR count). The Labute approximate surface area is 87.6 Å². The number of hydrogen-bond donors (Lipinski definition) is 2. The SMILES string of the molecule is CNC(=O)C1(C(N)=O)CCO[N+]1(C)OC. The Morgan fingerprint density at radius 3 is 2.60 bits per heavy atom. The van der Waals surface area contributed by atoms with Crippen LogP contribution in [0.4, 0.5) is 0 Å². The fraction of sp³-hybridized carbons (Fsp3) is 0.750. The summed E-state index contributed by atoms with van der Waals surface area (Å²) in [6.07, 6.45) is 0.201. The van der Waals surface area contributed by atoms with Gasteiger partial charge in [0.05, 0.1) is 13.5 Å². The van der Waals surface area contributed by atoms with Gasteiger partial charge in [0.2, 0.25) is 0 Å². The van der Waals surface area contributed by atoms with Gasteiger partial charge in [0, 0.05) is 7.05 Å². The molecule has 0 spiro atoms. The lowest BCUT2D eigenvalue weighted by Crippen LogP contribution is -2.69. The lowest BCUT2D eigenvalue weighted by molar-refractivity contribution is -1.24. The molecule has 15 heavy (non-hydrogen) atoms. The molecule has 3 N–H and O–H groups in total. The van der Waals surface area contributed by atoms with E-state index in [1.807, 2.05) is 0 Å². The first-order chi connectivity index (χ1) is 6.94. The second-order valence-electron chi connectivity index (χ2n) is 3.42. The Bertz CT molecular complexity index is 296. The van der Waals surface area contributed by atoms with Crippen molar-refractivity contribution in [2.24, 2.45) is 5.73 Å². The van der Waals surface area contributed by atoms with Crippen LogP contribution in [-0.4, -0.2) is 50.0 Å². The van der Waals surface area contributed by atoms with E-state index in [2.05, 4.69) is 5.32 Å². The second-order valence-corrected chi connectivity index (χ2v) is 3.42. The third-order valence-corrected chi connectivity index (χ3v) is 2.85. The van der Waals surface area contributed by atoms with E-state index in [-0.39, 0.29) is 13.0 Å². The van der Waals surface area contributed by atoms with Gasteiger partial charge in [-0.25, -0.2) is 0 Å². The second kappa shape index (κ2) is 3.76.